The molecule has 0 saturated carbocycles. The van der Waals surface area contributed by atoms with Crippen LogP contribution in [-0.4, -0.2) is 6.10 Å². The van der Waals surface area contributed by atoms with Gasteiger partial charge in [-0.15, -0.1) is 0 Å². The van der Waals surface area contributed by atoms with Gasteiger partial charge in [-0.05, 0) is 66.5 Å². The van der Waals surface area contributed by atoms with Crippen LogP contribution in [-0.2, 0) is 0 Å². The molecule has 0 spiro atoms. The van der Waals surface area contributed by atoms with Crippen LogP contribution in [0.15, 0.2) is 40.9 Å². The van der Waals surface area contributed by atoms with Crippen molar-refractivity contribution in [3.8, 4) is 5.75 Å². The summed E-state index contributed by atoms with van der Waals surface area (Å²) < 4.78 is 6.72. The molecule has 106 valence electrons. The maximum absolute atomic E-state index is 5.92. The number of ether oxygens (including phenoxy) is 1. The zero-order valence-electron chi connectivity index (χ0n) is 11.9. The lowest BCUT2D eigenvalue weighted by Crippen LogP contribution is -2.07. The van der Waals surface area contributed by atoms with Gasteiger partial charge in [0.25, 0.3) is 0 Å². The molecule has 2 aromatic rings. The van der Waals surface area contributed by atoms with Crippen LogP contribution in [0.1, 0.15) is 19.4 Å². The largest absolute Gasteiger partial charge is 0.489 e. The van der Waals surface area contributed by atoms with Crippen molar-refractivity contribution in [3.63, 3.8) is 0 Å². The van der Waals surface area contributed by atoms with Crippen LogP contribution in [0.5, 0.6) is 5.75 Å². The lowest BCUT2D eigenvalue weighted by atomic mass is 10.2. The van der Waals surface area contributed by atoms with Gasteiger partial charge >= 0.3 is 0 Å². The van der Waals surface area contributed by atoms with E-state index in [0.29, 0.717) is 11.4 Å². The van der Waals surface area contributed by atoms with Crippen LogP contribution >= 0.6 is 15.9 Å². The zero-order chi connectivity index (χ0) is 14.7. The Hall–Kier alpha value is -1.68. The number of aryl methyl sites for hydroxylation is 1. The summed E-state index contributed by atoms with van der Waals surface area (Å²) in [6.45, 7) is 6.03. The Bertz CT molecular complexity index is 611. The van der Waals surface area contributed by atoms with Crippen molar-refractivity contribution in [2.24, 2.45) is 0 Å². The summed E-state index contributed by atoms with van der Waals surface area (Å²) >= 11 is 3.56. The van der Waals surface area contributed by atoms with Crippen molar-refractivity contribution in [2.75, 3.05) is 11.1 Å². The lowest BCUT2D eigenvalue weighted by Gasteiger charge is -2.15. The highest BCUT2D eigenvalue weighted by Gasteiger charge is 2.06. The highest BCUT2D eigenvalue weighted by molar-refractivity contribution is 9.10. The van der Waals surface area contributed by atoms with Gasteiger partial charge < -0.3 is 15.8 Å². The quantitative estimate of drug-likeness (QED) is 0.784. The van der Waals surface area contributed by atoms with Crippen molar-refractivity contribution in [1.82, 2.24) is 0 Å². The Kier molecular flexibility index (Phi) is 4.55. The number of halogens is 1. The van der Waals surface area contributed by atoms with E-state index in [4.69, 9.17) is 10.5 Å². The molecule has 2 aromatic carbocycles. The van der Waals surface area contributed by atoms with E-state index in [2.05, 4.69) is 40.3 Å². The van der Waals surface area contributed by atoms with E-state index >= 15 is 0 Å². The van der Waals surface area contributed by atoms with Gasteiger partial charge in [0.15, 0.2) is 0 Å². The molecule has 0 bridgehead atoms. The smallest absolute Gasteiger partial charge is 0.144 e. The second kappa shape index (κ2) is 6.18. The average molecular weight is 335 g/mol. The molecule has 3 N–H and O–H groups in total. The van der Waals surface area contributed by atoms with Gasteiger partial charge in [0.2, 0.25) is 0 Å². The number of nitrogens with two attached hydrogens (primary N) is 1. The molecule has 2 rings (SSSR count). The van der Waals surface area contributed by atoms with Crippen LogP contribution in [0.3, 0.4) is 0 Å². The first kappa shape index (κ1) is 14.7. The fourth-order valence-electron chi connectivity index (χ4n) is 1.85. The van der Waals surface area contributed by atoms with E-state index in [9.17, 15) is 0 Å². The average Bonchev–Trinajstić information content (AvgIpc) is 2.36. The number of rotatable bonds is 4. The molecule has 0 aliphatic heterocycles. The summed E-state index contributed by atoms with van der Waals surface area (Å²) in [7, 11) is 0. The Labute approximate surface area is 128 Å². The minimum Gasteiger partial charge on any atom is -0.489 e. The fraction of sp³-hybridized carbons (Fsp3) is 0.250. The molecular weight excluding hydrogens is 316 g/mol. The van der Waals surface area contributed by atoms with Gasteiger partial charge in [0, 0.05) is 16.2 Å². The Morgan fingerprint density at radius 2 is 1.90 bits per heavy atom. The number of benzene rings is 2. The lowest BCUT2D eigenvalue weighted by molar-refractivity contribution is 0.244. The summed E-state index contributed by atoms with van der Waals surface area (Å²) in [6, 6.07) is 11.9. The van der Waals surface area contributed by atoms with Crippen molar-refractivity contribution >= 4 is 33.0 Å². The summed E-state index contributed by atoms with van der Waals surface area (Å²) in [6.07, 6.45) is 0.0960. The molecule has 0 aliphatic rings. The van der Waals surface area contributed by atoms with Crippen LogP contribution in [0.25, 0.3) is 0 Å². The Morgan fingerprint density at radius 1 is 1.15 bits per heavy atom. The summed E-state index contributed by atoms with van der Waals surface area (Å²) in [5.41, 5.74) is 9.73. The molecule has 0 amide bonds. The number of anilines is 3. The SMILES string of the molecule is Cc1ccc(Nc2ccc(N)c(OC(C)C)c2)c(Br)c1. The van der Waals surface area contributed by atoms with E-state index in [1.165, 1.54) is 5.56 Å². The topological polar surface area (TPSA) is 47.3 Å². The third-order valence-corrected chi connectivity index (χ3v) is 3.44. The van der Waals surface area contributed by atoms with E-state index < -0.39 is 0 Å². The first-order chi connectivity index (χ1) is 9.45. The van der Waals surface area contributed by atoms with Gasteiger partial charge in [0.05, 0.1) is 17.5 Å². The first-order valence-corrected chi connectivity index (χ1v) is 7.34. The molecule has 0 heterocycles. The van der Waals surface area contributed by atoms with Crippen molar-refractivity contribution < 1.29 is 4.74 Å². The first-order valence-electron chi connectivity index (χ1n) is 6.55. The molecule has 0 fully saturated rings. The van der Waals surface area contributed by atoms with E-state index in [1.54, 1.807) is 0 Å². The van der Waals surface area contributed by atoms with Crippen LogP contribution in [0.2, 0.25) is 0 Å². The predicted octanol–water partition coefficient (Wildman–Crippen LogP) is 4.87. The molecule has 4 heteroatoms. The maximum Gasteiger partial charge on any atom is 0.144 e. The molecule has 0 unspecified atom stereocenters. The van der Waals surface area contributed by atoms with Crippen LogP contribution in [0, 0.1) is 6.92 Å². The summed E-state index contributed by atoms with van der Waals surface area (Å²) in [5.74, 6) is 0.702. The molecule has 0 aromatic heterocycles. The standard InChI is InChI=1S/C16H19BrN2O/c1-10(2)20-16-9-12(5-6-14(16)18)19-15-7-4-11(3)8-13(15)17/h4-10,19H,18H2,1-3H3. The number of nitrogens with one attached hydrogen (secondary N) is 1. The molecule has 0 aliphatic carbocycles. The van der Waals surface area contributed by atoms with Gasteiger partial charge in [-0.2, -0.15) is 0 Å². The minimum atomic E-state index is 0.0960. The predicted molar refractivity (Wildman–Crippen MR) is 88.8 cm³/mol. The molecular formula is C16H19BrN2O. The maximum atomic E-state index is 5.92. The highest BCUT2D eigenvalue weighted by Crippen LogP contribution is 2.31. The monoisotopic (exact) mass is 334 g/mol. The third kappa shape index (κ3) is 3.67. The summed E-state index contributed by atoms with van der Waals surface area (Å²) in [5, 5.41) is 3.36. The van der Waals surface area contributed by atoms with E-state index in [1.807, 2.05) is 38.1 Å². The van der Waals surface area contributed by atoms with Gasteiger partial charge in [0.1, 0.15) is 5.75 Å². The van der Waals surface area contributed by atoms with Crippen molar-refractivity contribution in [3.05, 3.63) is 46.4 Å². The van der Waals surface area contributed by atoms with E-state index in [0.717, 1.165) is 15.8 Å². The molecule has 0 atom stereocenters. The second-order valence-electron chi connectivity index (χ2n) is 5.03. The van der Waals surface area contributed by atoms with Gasteiger partial charge in [-0.25, -0.2) is 0 Å². The molecule has 3 nitrogen and oxygen atoms in total. The third-order valence-electron chi connectivity index (χ3n) is 2.78. The zero-order valence-corrected chi connectivity index (χ0v) is 13.5. The minimum absolute atomic E-state index is 0.0960. The molecule has 0 radical (unpaired) electrons. The van der Waals surface area contributed by atoms with Gasteiger partial charge in [-0.1, -0.05) is 6.07 Å². The Morgan fingerprint density at radius 3 is 2.55 bits per heavy atom. The van der Waals surface area contributed by atoms with Crippen molar-refractivity contribution in [2.45, 2.75) is 26.9 Å². The molecule has 0 saturated heterocycles. The fourth-order valence-corrected chi connectivity index (χ4v) is 2.44. The summed E-state index contributed by atoms with van der Waals surface area (Å²) in [4.78, 5) is 0. The van der Waals surface area contributed by atoms with E-state index in [-0.39, 0.29) is 6.10 Å². The number of hydrogen-bond donors (Lipinski definition) is 2. The Balaban J connectivity index is 2.25. The van der Waals surface area contributed by atoms with Crippen LogP contribution < -0.4 is 15.8 Å². The van der Waals surface area contributed by atoms with Gasteiger partial charge in [-0.3, -0.25) is 0 Å². The molecule has 20 heavy (non-hydrogen) atoms. The second-order valence-corrected chi connectivity index (χ2v) is 5.88. The number of nitrogen functional groups attached to an aromatic ring is 1. The number of hydrogen-bond acceptors (Lipinski definition) is 3. The van der Waals surface area contributed by atoms with Crippen molar-refractivity contribution in [1.29, 1.82) is 0 Å². The highest BCUT2D eigenvalue weighted by atomic mass is 79.9. The normalized spacial score (nSPS) is 10.7. The van der Waals surface area contributed by atoms with Crippen LogP contribution in [0.4, 0.5) is 17.1 Å².